The molecule has 88 valence electrons. The molecule has 0 aliphatic carbocycles. The highest BCUT2D eigenvalue weighted by atomic mass is 127. The Morgan fingerprint density at radius 3 is 3.00 bits per heavy atom. The van der Waals surface area contributed by atoms with Crippen molar-refractivity contribution in [1.29, 1.82) is 0 Å². The number of carbonyl (C=O) groups is 1. The van der Waals surface area contributed by atoms with Crippen LogP contribution in [0.4, 0.5) is 0 Å². The van der Waals surface area contributed by atoms with Crippen molar-refractivity contribution in [2.75, 3.05) is 6.54 Å². The van der Waals surface area contributed by atoms with Crippen LogP contribution in [-0.2, 0) is 0 Å². The lowest BCUT2D eigenvalue weighted by atomic mass is 10.00. The first-order valence-electron chi connectivity index (χ1n) is 5.78. The molecule has 0 radical (unpaired) electrons. The first-order valence-corrected chi connectivity index (χ1v) is 6.86. The molecule has 1 aliphatic heterocycles. The zero-order chi connectivity index (χ0) is 11.5. The Morgan fingerprint density at radius 1 is 1.56 bits per heavy atom. The maximum Gasteiger partial charge on any atom is 0.289 e. The van der Waals surface area contributed by atoms with Crippen molar-refractivity contribution < 1.29 is 9.21 Å². The van der Waals surface area contributed by atoms with Crippen LogP contribution >= 0.6 is 22.6 Å². The Balaban J connectivity index is 2.13. The molecule has 0 aromatic carbocycles. The number of rotatable bonds is 2. The second-order valence-corrected chi connectivity index (χ2v) is 5.22. The SMILES string of the molecule is CC[C@H]1CCCCN1C(=O)c1ccc(I)o1. The minimum Gasteiger partial charge on any atom is -0.445 e. The lowest BCUT2D eigenvalue weighted by Gasteiger charge is -2.34. The average molecular weight is 333 g/mol. The number of hydrogen-bond acceptors (Lipinski definition) is 2. The van der Waals surface area contributed by atoms with Crippen LogP contribution < -0.4 is 0 Å². The van der Waals surface area contributed by atoms with Crippen LogP contribution in [0, 0.1) is 3.77 Å². The molecule has 0 N–H and O–H groups in total. The second kappa shape index (κ2) is 5.21. The molecule has 1 atom stereocenters. The Bertz CT molecular complexity index is 375. The molecule has 1 amide bonds. The van der Waals surface area contributed by atoms with E-state index in [4.69, 9.17) is 4.42 Å². The molecule has 1 aliphatic rings. The van der Waals surface area contributed by atoms with Crippen LogP contribution in [0.3, 0.4) is 0 Å². The number of carbonyl (C=O) groups excluding carboxylic acids is 1. The minimum atomic E-state index is 0.0504. The van der Waals surface area contributed by atoms with Gasteiger partial charge in [-0.1, -0.05) is 6.92 Å². The molecule has 4 heteroatoms. The molecular weight excluding hydrogens is 317 g/mol. The number of hydrogen-bond donors (Lipinski definition) is 0. The molecule has 3 nitrogen and oxygen atoms in total. The summed E-state index contributed by atoms with van der Waals surface area (Å²) in [7, 11) is 0. The number of amides is 1. The van der Waals surface area contributed by atoms with E-state index < -0.39 is 0 Å². The molecule has 1 aromatic heterocycles. The van der Waals surface area contributed by atoms with Gasteiger partial charge in [-0.05, 0) is 60.4 Å². The van der Waals surface area contributed by atoms with E-state index in [1.165, 1.54) is 6.42 Å². The van der Waals surface area contributed by atoms with Crippen LogP contribution in [0.5, 0.6) is 0 Å². The molecular formula is C12H16INO2. The van der Waals surface area contributed by atoms with Crippen molar-refractivity contribution in [3.8, 4) is 0 Å². The summed E-state index contributed by atoms with van der Waals surface area (Å²) < 4.78 is 6.16. The van der Waals surface area contributed by atoms with Gasteiger partial charge in [-0.25, -0.2) is 0 Å². The van der Waals surface area contributed by atoms with Gasteiger partial charge < -0.3 is 9.32 Å². The topological polar surface area (TPSA) is 33.5 Å². The summed E-state index contributed by atoms with van der Waals surface area (Å²) in [5, 5.41) is 0. The third-order valence-corrected chi connectivity index (χ3v) is 3.72. The van der Waals surface area contributed by atoms with Crippen LogP contribution in [0.15, 0.2) is 16.5 Å². The van der Waals surface area contributed by atoms with Crippen molar-refractivity contribution in [3.05, 3.63) is 21.7 Å². The van der Waals surface area contributed by atoms with Crippen molar-refractivity contribution >= 4 is 28.5 Å². The normalized spacial score (nSPS) is 21.1. The lowest BCUT2D eigenvalue weighted by Crippen LogP contribution is -2.43. The van der Waals surface area contributed by atoms with Gasteiger partial charge in [0.05, 0.1) is 0 Å². The molecule has 2 heterocycles. The summed E-state index contributed by atoms with van der Waals surface area (Å²) >= 11 is 2.08. The van der Waals surface area contributed by atoms with Gasteiger partial charge >= 0.3 is 0 Å². The van der Waals surface area contributed by atoms with Gasteiger partial charge in [-0.2, -0.15) is 0 Å². The van der Waals surface area contributed by atoms with Crippen molar-refractivity contribution in [2.45, 2.75) is 38.6 Å². The van der Waals surface area contributed by atoms with Crippen molar-refractivity contribution in [2.24, 2.45) is 0 Å². The molecule has 1 saturated heterocycles. The fourth-order valence-corrected chi connectivity index (χ4v) is 2.68. The van der Waals surface area contributed by atoms with E-state index in [0.29, 0.717) is 11.8 Å². The van der Waals surface area contributed by atoms with E-state index in [0.717, 1.165) is 29.6 Å². The molecule has 1 aromatic rings. The van der Waals surface area contributed by atoms with Crippen LogP contribution in [0.1, 0.15) is 43.2 Å². The van der Waals surface area contributed by atoms with E-state index >= 15 is 0 Å². The van der Waals surface area contributed by atoms with E-state index in [1.807, 2.05) is 11.0 Å². The molecule has 16 heavy (non-hydrogen) atoms. The smallest absolute Gasteiger partial charge is 0.289 e. The second-order valence-electron chi connectivity index (χ2n) is 4.16. The highest BCUT2D eigenvalue weighted by molar-refractivity contribution is 14.1. The zero-order valence-corrected chi connectivity index (χ0v) is 11.6. The first-order chi connectivity index (χ1) is 7.72. The summed E-state index contributed by atoms with van der Waals surface area (Å²) in [6.07, 6.45) is 4.50. The van der Waals surface area contributed by atoms with E-state index in [1.54, 1.807) is 6.07 Å². The van der Waals surface area contributed by atoms with Gasteiger partial charge in [0.25, 0.3) is 5.91 Å². The van der Waals surface area contributed by atoms with E-state index in [-0.39, 0.29) is 5.91 Å². The van der Waals surface area contributed by atoms with Gasteiger partial charge in [0.2, 0.25) is 0 Å². The average Bonchev–Trinajstić information content (AvgIpc) is 2.75. The van der Waals surface area contributed by atoms with Gasteiger partial charge in [0.15, 0.2) is 9.53 Å². The Hall–Kier alpha value is -0.520. The fourth-order valence-electron chi connectivity index (χ4n) is 2.26. The number of halogens is 1. The summed E-state index contributed by atoms with van der Waals surface area (Å²) in [4.78, 5) is 14.2. The quantitative estimate of drug-likeness (QED) is 0.778. The summed E-state index contributed by atoms with van der Waals surface area (Å²) in [5.74, 6) is 0.527. The number of piperidine rings is 1. The molecule has 2 rings (SSSR count). The van der Waals surface area contributed by atoms with Crippen LogP contribution in [0.2, 0.25) is 0 Å². The van der Waals surface area contributed by atoms with Crippen molar-refractivity contribution in [1.82, 2.24) is 4.90 Å². The monoisotopic (exact) mass is 333 g/mol. The largest absolute Gasteiger partial charge is 0.445 e. The number of nitrogens with zero attached hydrogens (tertiary/aromatic N) is 1. The van der Waals surface area contributed by atoms with E-state index in [2.05, 4.69) is 29.5 Å². The summed E-state index contributed by atoms with van der Waals surface area (Å²) in [5.41, 5.74) is 0. The minimum absolute atomic E-state index is 0.0504. The van der Waals surface area contributed by atoms with Gasteiger partial charge in [0, 0.05) is 12.6 Å². The number of likely N-dealkylation sites (tertiary alicyclic amines) is 1. The maximum atomic E-state index is 12.2. The lowest BCUT2D eigenvalue weighted by molar-refractivity contribution is 0.0574. The van der Waals surface area contributed by atoms with Crippen LogP contribution in [-0.4, -0.2) is 23.4 Å². The Kier molecular flexibility index (Phi) is 3.89. The van der Waals surface area contributed by atoms with E-state index in [9.17, 15) is 4.79 Å². The number of furan rings is 1. The molecule has 0 unspecified atom stereocenters. The Labute approximate surface area is 109 Å². The molecule has 0 spiro atoms. The van der Waals surface area contributed by atoms with Gasteiger partial charge in [-0.3, -0.25) is 4.79 Å². The van der Waals surface area contributed by atoms with Crippen LogP contribution in [0.25, 0.3) is 0 Å². The third-order valence-electron chi connectivity index (χ3n) is 3.14. The highest BCUT2D eigenvalue weighted by Gasteiger charge is 2.27. The highest BCUT2D eigenvalue weighted by Crippen LogP contribution is 2.22. The predicted octanol–water partition coefficient (Wildman–Crippen LogP) is 3.29. The van der Waals surface area contributed by atoms with Gasteiger partial charge in [-0.15, -0.1) is 0 Å². The molecule has 1 fully saturated rings. The van der Waals surface area contributed by atoms with Gasteiger partial charge in [0.1, 0.15) is 0 Å². The maximum absolute atomic E-state index is 12.2. The first kappa shape index (κ1) is 12.0. The van der Waals surface area contributed by atoms with Crippen molar-refractivity contribution in [3.63, 3.8) is 0 Å². The fraction of sp³-hybridized carbons (Fsp3) is 0.583. The standard InChI is InChI=1S/C12H16INO2/c1-2-9-5-3-4-8-14(9)12(15)10-6-7-11(13)16-10/h6-7,9H,2-5,8H2,1H3/t9-/m0/s1. The molecule has 0 saturated carbocycles. The zero-order valence-electron chi connectivity index (χ0n) is 9.41. The molecule has 0 bridgehead atoms. The third kappa shape index (κ3) is 2.42. The summed E-state index contributed by atoms with van der Waals surface area (Å²) in [6, 6.07) is 3.99. The summed E-state index contributed by atoms with van der Waals surface area (Å²) in [6.45, 7) is 3.01. The Morgan fingerprint density at radius 2 is 2.38 bits per heavy atom. The predicted molar refractivity (Wildman–Crippen MR) is 70.4 cm³/mol.